The average molecular weight is 331 g/mol. The highest BCUT2D eigenvalue weighted by Gasteiger charge is 2.40. The number of nitrogens with one attached hydrogen (secondary N) is 2. The van der Waals surface area contributed by atoms with Gasteiger partial charge in [0.15, 0.2) is 0 Å². The van der Waals surface area contributed by atoms with E-state index in [1.807, 2.05) is 6.07 Å². The molecule has 1 saturated heterocycles. The van der Waals surface area contributed by atoms with Crippen molar-refractivity contribution in [3.05, 3.63) is 21.8 Å². The lowest BCUT2D eigenvalue weighted by Gasteiger charge is -2.48. The minimum absolute atomic E-state index is 0.412. The van der Waals surface area contributed by atoms with E-state index in [1.54, 1.807) is 6.20 Å². The molecular formula is C13H17BrClN3. The molecule has 0 radical (unpaired) electrons. The fraction of sp³-hybridized carbons (Fsp3) is 0.615. The number of hydrogen-bond donors (Lipinski definition) is 2. The highest BCUT2D eigenvalue weighted by atomic mass is 79.9. The predicted octanol–water partition coefficient (Wildman–Crippen LogP) is 3.58. The van der Waals surface area contributed by atoms with E-state index in [1.165, 1.54) is 25.7 Å². The van der Waals surface area contributed by atoms with Crippen molar-refractivity contribution in [1.82, 2.24) is 10.3 Å². The third kappa shape index (κ3) is 2.51. The second-order valence-electron chi connectivity index (χ2n) is 5.38. The maximum Gasteiger partial charge on any atom is 0.140 e. The summed E-state index contributed by atoms with van der Waals surface area (Å²) in [6.45, 7) is 1.10. The molecule has 1 aromatic rings. The lowest BCUT2D eigenvalue weighted by Crippen LogP contribution is -2.58. The van der Waals surface area contributed by atoms with Gasteiger partial charge in [0.2, 0.25) is 0 Å². The summed E-state index contributed by atoms with van der Waals surface area (Å²) < 4.78 is 0.941. The fourth-order valence-electron chi connectivity index (χ4n) is 2.98. The molecule has 1 atom stereocenters. The van der Waals surface area contributed by atoms with Crippen LogP contribution in [0.1, 0.15) is 32.1 Å². The maximum atomic E-state index is 5.91. The number of anilines is 1. The van der Waals surface area contributed by atoms with Gasteiger partial charge in [0, 0.05) is 17.8 Å². The Hall–Kier alpha value is -0.320. The highest BCUT2D eigenvalue weighted by molar-refractivity contribution is 9.10. The molecule has 98 valence electrons. The largest absolute Gasteiger partial charge is 0.366 e. The molecule has 1 aliphatic carbocycles. The standard InChI is InChI=1S/C13H17BrClN3/c14-11-6-9(15)8-16-12(11)18-10-2-5-17-13(7-10)3-1-4-13/h6,8,10,17H,1-5,7H2,(H,16,18). The molecule has 1 unspecified atom stereocenters. The van der Waals surface area contributed by atoms with Gasteiger partial charge in [0.1, 0.15) is 5.82 Å². The second kappa shape index (κ2) is 4.99. The van der Waals surface area contributed by atoms with E-state index in [2.05, 4.69) is 31.5 Å². The molecule has 1 saturated carbocycles. The zero-order valence-electron chi connectivity index (χ0n) is 10.2. The van der Waals surface area contributed by atoms with E-state index in [4.69, 9.17) is 11.6 Å². The Kier molecular flexibility index (Phi) is 3.52. The van der Waals surface area contributed by atoms with Crippen LogP contribution in [0.3, 0.4) is 0 Å². The van der Waals surface area contributed by atoms with Crippen LogP contribution >= 0.6 is 27.5 Å². The van der Waals surface area contributed by atoms with Crippen LogP contribution in [0.5, 0.6) is 0 Å². The summed E-state index contributed by atoms with van der Waals surface area (Å²) in [7, 11) is 0. The minimum atomic E-state index is 0.412. The summed E-state index contributed by atoms with van der Waals surface area (Å²) in [5, 5.41) is 7.88. The SMILES string of the molecule is Clc1cnc(NC2CCNC3(CCC3)C2)c(Br)c1. The number of halogens is 2. The number of nitrogens with zero attached hydrogens (tertiary/aromatic N) is 1. The topological polar surface area (TPSA) is 37.0 Å². The van der Waals surface area contributed by atoms with Crippen LogP contribution in [0.2, 0.25) is 5.02 Å². The van der Waals surface area contributed by atoms with Gasteiger partial charge in [-0.15, -0.1) is 0 Å². The Morgan fingerprint density at radius 2 is 2.33 bits per heavy atom. The van der Waals surface area contributed by atoms with E-state index in [-0.39, 0.29) is 0 Å². The lowest BCUT2D eigenvalue weighted by atomic mass is 9.70. The van der Waals surface area contributed by atoms with Crippen LogP contribution in [-0.2, 0) is 0 Å². The van der Waals surface area contributed by atoms with Crippen LogP contribution in [-0.4, -0.2) is 23.1 Å². The molecule has 0 aromatic carbocycles. The molecule has 2 aliphatic rings. The van der Waals surface area contributed by atoms with Crippen LogP contribution in [0.25, 0.3) is 0 Å². The van der Waals surface area contributed by atoms with Crippen molar-refractivity contribution in [3.63, 3.8) is 0 Å². The fourth-order valence-corrected chi connectivity index (χ4v) is 3.73. The van der Waals surface area contributed by atoms with E-state index < -0.39 is 0 Å². The van der Waals surface area contributed by atoms with Gasteiger partial charge in [-0.1, -0.05) is 11.6 Å². The molecule has 2 N–H and O–H groups in total. The molecule has 3 rings (SSSR count). The van der Waals surface area contributed by atoms with Crippen molar-refractivity contribution in [1.29, 1.82) is 0 Å². The molecule has 1 spiro atoms. The zero-order valence-corrected chi connectivity index (χ0v) is 12.5. The monoisotopic (exact) mass is 329 g/mol. The third-order valence-corrected chi connectivity index (χ3v) is 4.90. The minimum Gasteiger partial charge on any atom is -0.366 e. The molecule has 1 aliphatic heterocycles. The average Bonchev–Trinajstić information content (AvgIpc) is 2.31. The van der Waals surface area contributed by atoms with Crippen LogP contribution in [0.4, 0.5) is 5.82 Å². The molecule has 2 fully saturated rings. The summed E-state index contributed by atoms with van der Waals surface area (Å²) in [4.78, 5) is 4.35. The van der Waals surface area contributed by atoms with Gasteiger partial charge < -0.3 is 10.6 Å². The Bertz CT molecular complexity index is 448. The van der Waals surface area contributed by atoms with Gasteiger partial charge >= 0.3 is 0 Å². The van der Waals surface area contributed by atoms with Gasteiger partial charge in [-0.25, -0.2) is 4.98 Å². The first-order valence-electron chi connectivity index (χ1n) is 6.50. The molecule has 3 nitrogen and oxygen atoms in total. The number of rotatable bonds is 2. The maximum absolute atomic E-state index is 5.91. The van der Waals surface area contributed by atoms with Crippen molar-refractivity contribution in [2.45, 2.75) is 43.7 Å². The normalized spacial score (nSPS) is 25.8. The summed E-state index contributed by atoms with van der Waals surface area (Å²) in [5.74, 6) is 0.903. The summed E-state index contributed by atoms with van der Waals surface area (Å²) in [6, 6.07) is 2.40. The highest BCUT2D eigenvalue weighted by Crippen LogP contribution is 2.39. The van der Waals surface area contributed by atoms with Crippen molar-refractivity contribution in [2.75, 3.05) is 11.9 Å². The second-order valence-corrected chi connectivity index (χ2v) is 6.67. The Morgan fingerprint density at radius 1 is 1.50 bits per heavy atom. The van der Waals surface area contributed by atoms with Gasteiger partial charge in [0.25, 0.3) is 0 Å². The van der Waals surface area contributed by atoms with Gasteiger partial charge in [0.05, 0.1) is 9.50 Å². The van der Waals surface area contributed by atoms with Crippen molar-refractivity contribution < 1.29 is 0 Å². The molecule has 0 bridgehead atoms. The van der Waals surface area contributed by atoms with Gasteiger partial charge in [-0.05, 0) is 60.6 Å². The Labute approximate surface area is 121 Å². The molecule has 0 amide bonds. The van der Waals surface area contributed by atoms with Crippen LogP contribution < -0.4 is 10.6 Å². The Morgan fingerprint density at radius 3 is 3.00 bits per heavy atom. The van der Waals surface area contributed by atoms with Crippen molar-refractivity contribution in [2.24, 2.45) is 0 Å². The van der Waals surface area contributed by atoms with Crippen molar-refractivity contribution >= 4 is 33.3 Å². The Balaban J connectivity index is 1.68. The van der Waals surface area contributed by atoms with Crippen molar-refractivity contribution in [3.8, 4) is 0 Å². The van der Waals surface area contributed by atoms with E-state index in [9.17, 15) is 0 Å². The van der Waals surface area contributed by atoms with E-state index in [0.29, 0.717) is 16.6 Å². The molecule has 18 heavy (non-hydrogen) atoms. The predicted molar refractivity (Wildman–Crippen MR) is 78.2 cm³/mol. The van der Waals surface area contributed by atoms with Gasteiger partial charge in [-0.2, -0.15) is 0 Å². The quantitative estimate of drug-likeness (QED) is 0.870. The molecular weight excluding hydrogens is 314 g/mol. The summed E-state index contributed by atoms with van der Waals surface area (Å²) in [6.07, 6.45) is 8.04. The van der Waals surface area contributed by atoms with Gasteiger partial charge in [-0.3, -0.25) is 0 Å². The van der Waals surface area contributed by atoms with Crippen LogP contribution in [0, 0.1) is 0 Å². The first-order valence-corrected chi connectivity index (χ1v) is 7.67. The first-order chi connectivity index (χ1) is 8.67. The molecule has 2 heterocycles. The number of aromatic nitrogens is 1. The zero-order chi connectivity index (χ0) is 12.6. The summed E-state index contributed by atoms with van der Waals surface area (Å²) >= 11 is 9.41. The molecule has 5 heteroatoms. The lowest BCUT2D eigenvalue weighted by molar-refractivity contribution is 0.135. The summed E-state index contributed by atoms with van der Waals surface area (Å²) in [5.41, 5.74) is 0.412. The van der Waals surface area contributed by atoms with E-state index in [0.717, 1.165) is 23.3 Å². The number of piperidine rings is 1. The molecule has 1 aromatic heterocycles. The third-order valence-electron chi connectivity index (χ3n) is 4.09. The number of hydrogen-bond acceptors (Lipinski definition) is 3. The smallest absolute Gasteiger partial charge is 0.140 e. The number of pyridine rings is 1. The van der Waals surface area contributed by atoms with Crippen LogP contribution in [0.15, 0.2) is 16.7 Å². The first kappa shape index (κ1) is 12.7. The van der Waals surface area contributed by atoms with E-state index >= 15 is 0 Å².